The van der Waals surface area contributed by atoms with E-state index in [4.69, 9.17) is 11.6 Å². The molecule has 2 rings (SSSR count). The normalized spacial score (nSPS) is 19.0. The van der Waals surface area contributed by atoms with Gasteiger partial charge in [-0.3, -0.25) is 14.9 Å². The number of halogens is 1. The number of hydrogen-bond donors (Lipinski definition) is 1. The molecular formula is C12H15ClN4O3. The van der Waals surface area contributed by atoms with Gasteiger partial charge in [0.15, 0.2) is 0 Å². The third kappa shape index (κ3) is 3.05. The molecule has 1 aromatic heterocycles. The fourth-order valence-corrected chi connectivity index (χ4v) is 2.56. The van der Waals surface area contributed by atoms with E-state index >= 15 is 0 Å². The second kappa shape index (κ2) is 6.15. The first-order valence-corrected chi connectivity index (χ1v) is 6.66. The SMILES string of the molecule is CN1CCCC1CNC(=O)c1ccnc(Cl)c1[N+](=O)[O-]. The highest BCUT2D eigenvalue weighted by molar-refractivity contribution is 6.32. The van der Waals surface area contributed by atoms with Gasteiger partial charge in [-0.05, 0) is 32.5 Å². The largest absolute Gasteiger partial charge is 0.350 e. The Balaban J connectivity index is 2.09. The lowest BCUT2D eigenvalue weighted by molar-refractivity contribution is -0.385. The second-order valence-electron chi connectivity index (χ2n) is 4.74. The van der Waals surface area contributed by atoms with Crippen LogP contribution >= 0.6 is 11.6 Å². The van der Waals surface area contributed by atoms with Crippen molar-refractivity contribution in [3.63, 3.8) is 0 Å². The summed E-state index contributed by atoms with van der Waals surface area (Å²) in [7, 11) is 2.00. The molecule has 1 saturated heterocycles. The Morgan fingerprint density at radius 1 is 1.70 bits per heavy atom. The first kappa shape index (κ1) is 14.7. The van der Waals surface area contributed by atoms with Crippen LogP contribution in [-0.2, 0) is 0 Å². The average molecular weight is 299 g/mol. The number of likely N-dealkylation sites (tertiary alicyclic amines) is 1. The van der Waals surface area contributed by atoms with Gasteiger partial charge in [-0.15, -0.1) is 0 Å². The molecule has 1 unspecified atom stereocenters. The van der Waals surface area contributed by atoms with Gasteiger partial charge in [-0.25, -0.2) is 4.98 Å². The Hall–Kier alpha value is -1.73. The van der Waals surface area contributed by atoms with Crippen LogP contribution in [0.2, 0.25) is 5.15 Å². The van der Waals surface area contributed by atoms with E-state index in [0.717, 1.165) is 19.4 Å². The molecule has 1 N–H and O–H groups in total. The highest BCUT2D eigenvalue weighted by atomic mass is 35.5. The molecule has 0 aliphatic carbocycles. The molecule has 1 atom stereocenters. The predicted octanol–water partition coefficient (Wildman–Crippen LogP) is 1.47. The molecule has 1 aliphatic heterocycles. The number of pyridine rings is 1. The van der Waals surface area contributed by atoms with Gasteiger partial charge in [0.25, 0.3) is 5.91 Å². The van der Waals surface area contributed by atoms with Gasteiger partial charge in [-0.2, -0.15) is 0 Å². The van der Waals surface area contributed by atoms with Crippen molar-refractivity contribution in [1.82, 2.24) is 15.2 Å². The van der Waals surface area contributed by atoms with E-state index in [2.05, 4.69) is 15.2 Å². The fourth-order valence-electron chi connectivity index (χ4n) is 2.33. The topological polar surface area (TPSA) is 88.4 Å². The number of rotatable bonds is 4. The van der Waals surface area contributed by atoms with Crippen LogP contribution in [0.25, 0.3) is 0 Å². The second-order valence-corrected chi connectivity index (χ2v) is 5.10. The third-order valence-electron chi connectivity index (χ3n) is 3.48. The van der Waals surface area contributed by atoms with Crippen LogP contribution in [0.3, 0.4) is 0 Å². The van der Waals surface area contributed by atoms with E-state index < -0.39 is 16.5 Å². The maximum Gasteiger partial charge on any atom is 0.319 e. The fraction of sp³-hybridized carbons (Fsp3) is 0.500. The van der Waals surface area contributed by atoms with E-state index in [1.165, 1.54) is 12.3 Å². The molecule has 0 aromatic carbocycles. The zero-order valence-electron chi connectivity index (χ0n) is 11.0. The minimum absolute atomic E-state index is 0.0596. The molecule has 0 saturated carbocycles. The van der Waals surface area contributed by atoms with Crippen molar-refractivity contribution in [2.45, 2.75) is 18.9 Å². The lowest BCUT2D eigenvalue weighted by atomic mass is 10.2. The Bertz CT molecular complexity index is 537. The number of nitrogens with one attached hydrogen (secondary N) is 1. The molecule has 1 aromatic rings. The monoisotopic (exact) mass is 298 g/mol. The number of aromatic nitrogens is 1. The molecule has 20 heavy (non-hydrogen) atoms. The van der Waals surface area contributed by atoms with Gasteiger partial charge in [-0.1, -0.05) is 11.6 Å². The van der Waals surface area contributed by atoms with Gasteiger partial charge < -0.3 is 10.2 Å². The van der Waals surface area contributed by atoms with E-state index in [9.17, 15) is 14.9 Å². The molecule has 1 aliphatic rings. The quantitative estimate of drug-likeness (QED) is 0.516. The smallest absolute Gasteiger partial charge is 0.319 e. The summed E-state index contributed by atoms with van der Waals surface area (Å²) in [6.07, 6.45) is 3.39. The average Bonchev–Trinajstić information content (AvgIpc) is 2.80. The van der Waals surface area contributed by atoms with Crippen LogP contribution in [0.5, 0.6) is 0 Å². The van der Waals surface area contributed by atoms with Crippen molar-refractivity contribution in [1.29, 1.82) is 0 Å². The van der Waals surface area contributed by atoms with Crippen molar-refractivity contribution < 1.29 is 9.72 Å². The number of amides is 1. The molecule has 0 spiro atoms. The number of hydrogen-bond acceptors (Lipinski definition) is 5. The maximum atomic E-state index is 12.1. The standard InChI is InChI=1S/C12H15ClN4O3/c1-16-6-2-3-8(16)7-15-12(18)9-4-5-14-11(13)10(9)17(19)20/h4-5,8H,2-3,6-7H2,1H3,(H,15,18). The molecule has 7 nitrogen and oxygen atoms in total. The van der Waals surface area contributed by atoms with Crippen molar-refractivity contribution in [3.05, 3.63) is 33.1 Å². The van der Waals surface area contributed by atoms with E-state index in [0.29, 0.717) is 6.54 Å². The summed E-state index contributed by atoms with van der Waals surface area (Å²) in [6, 6.07) is 1.58. The van der Waals surface area contributed by atoms with Crippen molar-refractivity contribution in [2.24, 2.45) is 0 Å². The van der Waals surface area contributed by atoms with Crippen LogP contribution in [0, 0.1) is 10.1 Å². The Morgan fingerprint density at radius 3 is 3.05 bits per heavy atom. The zero-order valence-corrected chi connectivity index (χ0v) is 11.8. The van der Waals surface area contributed by atoms with Gasteiger partial charge in [0, 0.05) is 18.8 Å². The molecule has 8 heteroatoms. The van der Waals surface area contributed by atoms with Crippen LogP contribution in [-0.4, -0.2) is 46.9 Å². The van der Waals surface area contributed by atoms with Gasteiger partial charge >= 0.3 is 5.69 Å². The summed E-state index contributed by atoms with van der Waals surface area (Å²) < 4.78 is 0. The highest BCUT2D eigenvalue weighted by Gasteiger charge is 2.26. The van der Waals surface area contributed by atoms with Crippen molar-refractivity contribution in [3.8, 4) is 0 Å². The van der Waals surface area contributed by atoms with Crippen molar-refractivity contribution in [2.75, 3.05) is 20.1 Å². The van der Waals surface area contributed by atoms with Crippen LogP contribution in [0.1, 0.15) is 23.2 Å². The van der Waals surface area contributed by atoms with Gasteiger partial charge in [0.2, 0.25) is 5.15 Å². The molecule has 108 valence electrons. The summed E-state index contributed by atoms with van der Waals surface area (Å²) in [5, 5.41) is 13.4. The minimum atomic E-state index is -0.689. The first-order chi connectivity index (χ1) is 9.50. The van der Waals surface area contributed by atoms with Crippen molar-refractivity contribution >= 4 is 23.2 Å². The lowest BCUT2D eigenvalue weighted by Crippen LogP contribution is -2.38. The van der Waals surface area contributed by atoms with Crippen LogP contribution < -0.4 is 5.32 Å². The molecule has 1 fully saturated rings. The number of nitro groups is 1. The number of carbonyl (C=O) groups is 1. The molecular weight excluding hydrogens is 284 g/mol. The first-order valence-electron chi connectivity index (χ1n) is 6.28. The lowest BCUT2D eigenvalue weighted by Gasteiger charge is -2.19. The molecule has 0 radical (unpaired) electrons. The number of nitrogens with zero attached hydrogens (tertiary/aromatic N) is 3. The predicted molar refractivity (Wildman–Crippen MR) is 73.9 cm³/mol. The summed E-state index contributed by atoms with van der Waals surface area (Å²) in [5.74, 6) is -0.499. The van der Waals surface area contributed by atoms with Crippen LogP contribution in [0.15, 0.2) is 12.3 Å². The van der Waals surface area contributed by atoms with E-state index in [1.807, 2.05) is 7.05 Å². The summed E-state index contributed by atoms with van der Waals surface area (Å²) in [6.45, 7) is 1.47. The molecule has 0 bridgehead atoms. The number of likely N-dealkylation sites (N-methyl/N-ethyl adjacent to an activating group) is 1. The van der Waals surface area contributed by atoms with Gasteiger partial charge in [0.05, 0.1) is 4.92 Å². The van der Waals surface area contributed by atoms with Crippen LogP contribution in [0.4, 0.5) is 5.69 Å². The third-order valence-corrected chi connectivity index (χ3v) is 3.75. The Kier molecular flexibility index (Phi) is 4.51. The number of carbonyl (C=O) groups excluding carboxylic acids is 1. The van der Waals surface area contributed by atoms with Gasteiger partial charge in [0.1, 0.15) is 5.56 Å². The highest BCUT2D eigenvalue weighted by Crippen LogP contribution is 2.25. The summed E-state index contributed by atoms with van der Waals surface area (Å²) >= 11 is 5.68. The maximum absolute atomic E-state index is 12.1. The minimum Gasteiger partial charge on any atom is -0.350 e. The van der Waals surface area contributed by atoms with E-state index in [1.54, 1.807) is 0 Å². The van der Waals surface area contributed by atoms with E-state index in [-0.39, 0.29) is 16.8 Å². The summed E-state index contributed by atoms with van der Waals surface area (Å²) in [4.78, 5) is 28.1. The Morgan fingerprint density at radius 2 is 2.45 bits per heavy atom. The Labute approximate surface area is 121 Å². The summed E-state index contributed by atoms with van der Waals surface area (Å²) in [5.41, 5.74) is -0.512. The zero-order chi connectivity index (χ0) is 14.7. The molecule has 1 amide bonds. The molecule has 2 heterocycles.